The van der Waals surface area contributed by atoms with Gasteiger partial charge in [-0.3, -0.25) is 9.69 Å². The van der Waals surface area contributed by atoms with Gasteiger partial charge in [-0.15, -0.1) is 0 Å². The Morgan fingerprint density at radius 1 is 1.36 bits per heavy atom. The number of hydrogen-bond donors (Lipinski definition) is 1. The second kappa shape index (κ2) is 7.74. The molecular weight excluding hydrogens is 354 g/mol. The molecule has 2 aliphatic heterocycles. The highest BCUT2D eigenvalue weighted by Gasteiger charge is 2.48. The van der Waals surface area contributed by atoms with Gasteiger partial charge in [-0.2, -0.15) is 5.26 Å². The molecule has 0 radical (unpaired) electrons. The van der Waals surface area contributed by atoms with Crippen molar-refractivity contribution in [3.8, 4) is 6.07 Å². The number of benzene rings is 1. The number of H-pyrrole nitrogens is 1. The van der Waals surface area contributed by atoms with E-state index in [9.17, 15) is 4.79 Å². The van der Waals surface area contributed by atoms with Gasteiger partial charge in [0.2, 0.25) is 5.91 Å². The van der Waals surface area contributed by atoms with Gasteiger partial charge in [0.1, 0.15) is 6.61 Å². The molecule has 7 heteroatoms. The minimum Gasteiger partial charge on any atom is -0.375 e. The predicted octanol–water partition coefficient (Wildman–Crippen LogP) is 1.80. The first-order chi connectivity index (χ1) is 13.7. The SMILES string of the molecule is COCC(=O)N1CCc2[nH]cnc2C12CCN(Cc1cccc(C#N)c1)CC2. The third kappa shape index (κ3) is 3.30. The summed E-state index contributed by atoms with van der Waals surface area (Å²) in [7, 11) is 1.56. The van der Waals surface area contributed by atoms with Crippen molar-refractivity contribution in [3.63, 3.8) is 0 Å². The number of likely N-dealkylation sites (tertiary alicyclic amines) is 1. The first-order valence-corrected chi connectivity index (χ1v) is 9.70. The molecule has 2 aromatic rings. The van der Waals surface area contributed by atoms with Crippen LogP contribution in [0, 0.1) is 11.3 Å². The van der Waals surface area contributed by atoms with Crippen LogP contribution in [0.5, 0.6) is 0 Å². The number of imidazole rings is 1. The molecule has 1 aromatic heterocycles. The van der Waals surface area contributed by atoms with Crippen LogP contribution in [0.25, 0.3) is 0 Å². The number of hydrogen-bond acceptors (Lipinski definition) is 5. The highest BCUT2D eigenvalue weighted by atomic mass is 16.5. The Hall–Kier alpha value is -2.69. The quantitative estimate of drug-likeness (QED) is 0.876. The van der Waals surface area contributed by atoms with Gasteiger partial charge in [0.15, 0.2) is 0 Å². The molecule has 0 bridgehead atoms. The van der Waals surface area contributed by atoms with E-state index in [4.69, 9.17) is 10.00 Å². The lowest BCUT2D eigenvalue weighted by molar-refractivity contribution is -0.146. The summed E-state index contributed by atoms with van der Waals surface area (Å²) in [5.41, 5.74) is 3.65. The van der Waals surface area contributed by atoms with Gasteiger partial charge in [0.05, 0.1) is 29.2 Å². The van der Waals surface area contributed by atoms with E-state index in [0.717, 1.165) is 55.8 Å². The largest absolute Gasteiger partial charge is 0.375 e. The Kier molecular flexibility index (Phi) is 5.16. The molecule has 0 aliphatic carbocycles. The van der Waals surface area contributed by atoms with E-state index in [1.807, 2.05) is 23.1 Å². The molecule has 28 heavy (non-hydrogen) atoms. The van der Waals surface area contributed by atoms with E-state index in [1.54, 1.807) is 13.4 Å². The summed E-state index contributed by atoms with van der Waals surface area (Å²) >= 11 is 0. The van der Waals surface area contributed by atoms with Gasteiger partial charge in [0.25, 0.3) is 0 Å². The molecule has 4 rings (SSSR count). The van der Waals surface area contributed by atoms with Crippen molar-refractivity contribution in [1.82, 2.24) is 19.8 Å². The molecule has 0 unspecified atom stereocenters. The number of amides is 1. The lowest BCUT2D eigenvalue weighted by Crippen LogP contribution is -2.58. The smallest absolute Gasteiger partial charge is 0.249 e. The molecule has 1 N–H and O–H groups in total. The summed E-state index contributed by atoms with van der Waals surface area (Å²) in [5, 5.41) is 9.11. The Labute approximate surface area is 164 Å². The van der Waals surface area contributed by atoms with Crippen LogP contribution in [-0.4, -0.2) is 59.0 Å². The van der Waals surface area contributed by atoms with E-state index in [-0.39, 0.29) is 18.1 Å². The van der Waals surface area contributed by atoms with Crippen LogP contribution in [0.15, 0.2) is 30.6 Å². The summed E-state index contributed by atoms with van der Waals surface area (Å²) in [4.78, 5) is 25.0. The maximum atomic E-state index is 12.8. The molecule has 0 saturated carbocycles. The molecule has 1 fully saturated rings. The van der Waals surface area contributed by atoms with Crippen LogP contribution in [-0.2, 0) is 28.0 Å². The topological polar surface area (TPSA) is 85.2 Å². The van der Waals surface area contributed by atoms with Crippen LogP contribution in [0.4, 0.5) is 0 Å². The zero-order valence-electron chi connectivity index (χ0n) is 16.1. The van der Waals surface area contributed by atoms with Crippen molar-refractivity contribution in [2.75, 3.05) is 33.4 Å². The van der Waals surface area contributed by atoms with Crippen molar-refractivity contribution in [2.45, 2.75) is 31.3 Å². The highest BCUT2D eigenvalue weighted by Crippen LogP contribution is 2.42. The van der Waals surface area contributed by atoms with Gasteiger partial charge in [-0.1, -0.05) is 12.1 Å². The van der Waals surface area contributed by atoms with Crippen molar-refractivity contribution in [2.24, 2.45) is 0 Å². The first kappa shape index (κ1) is 18.7. The molecule has 3 heterocycles. The molecule has 146 valence electrons. The van der Waals surface area contributed by atoms with Crippen LogP contribution in [0.1, 0.15) is 35.4 Å². The fourth-order valence-electron chi connectivity index (χ4n) is 4.63. The number of fused-ring (bicyclic) bond motifs is 2. The Morgan fingerprint density at radius 3 is 2.93 bits per heavy atom. The molecule has 1 amide bonds. The standard InChI is InChI=1S/C21H25N5O2/c1-28-14-19(27)26-8-5-18-20(24-15-23-18)21(26)6-9-25(10-7-21)13-17-4-2-3-16(11-17)12-22/h2-4,11,15H,5-10,13-14H2,1H3,(H,23,24). The number of methoxy groups -OCH3 is 1. The average molecular weight is 379 g/mol. The number of aromatic amines is 1. The Bertz CT molecular complexity index is 892. The second-order valence-electron chi connectivity index (χ2n) is 7.58. The predicted molar refractivity (Wildman–Crippen MR) is 103 cm³/mol. The number of carbonyl (C=O) groups is 1. The summed E-state index contributed by atoms with van der Waals surface area (Å²) in [5.74, 6) is 0.0336. The van der Waals surface area contributed by atoms with Crippen LogP contribution in [0.3, 0.4) is 0 Å². The lowest BCUT2D eigenvalue weighted by Gasteiger charge is -2.50. The molecular formula is C21H25N5O2. The molecule has 0 atom stereocenters. The molecule has 1 saturated heterocycles. The number of nitriles is 1. The summed E-state index contributed by atoms with van der Waals surface area (Å²) < 4.78 is 5.13. The molecule has 1 aromatic carbocycles. The normalized spacial score (nSPS) is 18.6. The fraction of sp³-hybridized carbons (Fsp3) is 0.476. The Morgan fingerprint density at radius 2 is 2.18 bits per heavy atom. The summed E-state index contributed by atoms with van der Waals surface area (Å²) in [6, 6.07) is 9.97. The lowest BCUT2D eigenvalue weighted by atomic mass is 9.78. The van der Waals surface area contributed by atoms with Crippen molar-refractivity contribution in [1.29, 1.82) is 5.26 Å². The second-order valence-corrected chi connectivity index (χ2v) is 7.58. The maximum absolute atomic E-state index is 12.8. The fourth-order valence-corrected chi connectivity index (χ4v) is 4.63. The van der Waals surface area contributed by atoms with E-state index < -0.39 is 0 Å². The van der Waals surface area contributed by atoms with Gasteiger partial charge in [-0.05, 0) is 30.5 Å². The summed E-state index contributed by atoms with van der Waals surface area (Å²) in [6.07, 6.45) is 4.24. The van der Waals surface area contributed by atoms with E-state index in [2.05, 4.69) is 27.0 Å². The minimum absolute atomic E-state index is 0.0336. The maximum Gasteiger partial charge on any atom is 0.249 e. The van der Waals surface area contributed by atoms with Crippen molar-refractivity contribution >= 4 is 5.91 Å². The van der Waals surface area contributed by atoms with Crippen LogP contribution < -0.4 is 0 Å². The zero-order valence-corrected chi connectivity index (χ0v) is 16.1. The average Bonchev–Trinajstić information content (AvgIpc) is 3.20. The van der Waals surface area contributed by atoms with Gasteiger partial charge < -0.3 is 14.6 Å². The number of nitrogens with zero attached hydrogens (tertiary/aromatic N) is 4. The third-order valence-corrected chi connectivity index (χ3v) is 5.98. The zero-order chi connectivity index (χ0) is 19.6. The van der Waals surface area contributed by atoms with E-state index >= 15 is 0 Å². The number of carbonyl (C=O) groups excluding carboxylic acids is 1. The first-order valence-electron chi connectivity index (χ1n) is 9.70. The van der Waals surface area contributed by atoms with Crippen molar-refractivity contribution in [3.05, 3.63) is 53.1 Å². The highest BCUT2D eigenvalue weighted by molar-refractivity contribution is 5.79. The number of aromatic nitrogens is 2. The minimum atomic E-state index is -0.353. The Balaban J connectivity index is 1.53. The number of piperidine rings is 1. The number of rotatable bonds is 4. The molecule has 1 spiro atoms. The van der Waals surface area contributed by atoms with E-state index in [1.165, 1.54) is 0 Å². The van der Waals surface area contributed by atoms with E-state index in [0.29, 0.717) is 12.1 Å². The van der Waals surface area contributed by atoms with Crippen molar-refractivity contribution < 1.29 is 9.53 Å². The third-order valence-electron chi connectivity index (χ3n) is 5.98. The molecule has 2 aliphatic rings. The number of ether oxygens (including phenoxy) is 1. The van der Waals surface area contributed by atoms with Gasteiger partial charge >= 0.3 is 0 Å². The van der Waals surface area contributed by atoms with Gasteiger partial charge in [0, 0.05) is 45.4 Å². The van der Waals surface area contributed by atoms with Crippen LogP contribution in [0.2, 0.25) is 0 Å². The molecule has 7 nitrogen and oxygen atoms in total. The van der Waals surface area contributed by atoms with Gasteiger partial charge in [-0.25, -0.2) is 4.98 Å². The number of nitrogens with one attached hydrogen (secondary N) is 1. The summed E-state index contributed by atoms with van der Waals surface area (Å²) in [6.45, 7) is 3.36. The van der Waals surface area contributed by atoms with Crippen LogP contribution >= 0.6 is 0 Å². The monoisotopic (exact) mass is 379 g/mol.